The molecule has 5 aromatic rings. The van der Waals surface area contributed by atoms with Crippen molar-refractivity contribution in [3.63, 3.8) is 0 Å². The average Bonchev–Trinajstić information content (AvgIpc) is 2.98. The van der Waals surface area contributed by atoms with Crippen molar-refractivity contribution < 1.29 is 9.30 Å². The molecule has 0 bridgehead atoms. The Morgan fingerprint density at radius 2 is 1.30 bits per heavy atom. The number of methoxy groups -OCH3 is 1. The van der Waals surface area contributed by atoms with E-state index in [9.17, 15) is 0 Å². The summed E-state index contributed by atoms with van der Waals surface area (Å²) in [4.78, 5) is 0. The fourth-order valence-electron chi connectivity index (χ4n) is 5.28. The summed E-state index contributed by atoms with van der Waals surface area (Å²) in [6.45, 7) is 2.08. The second-order valence-electron chi connectivity index (χ2n) is 9.68. The van der Waals surface area contributed by atoms with Gasteiger partial charge in [-0.25, -0.2) is 0 Å². The molecule has 1 heterocycles. The quantitative estimate of drug-likeness (QED) is 0.175. The molecule has 0 aliphatic carbocycles. The van der Waals surface area contributed by atoms with Crippen LogP contribution in [0.2, 0.25) is 0 Å². The maximum Gasteiger partial charge on any atom is 0.234 e. The van der Waals surface area contributed by atoms with Crippen LogP contribution in [-0.2, 0) is 4.57 Å². The molecule has 3 nitrogen and oxygen atoms in total. The molecule has 1 atom stereocenters. The van der Waals surface area contributed by atoms with E-state index in [0.717, 1.165) is 64.5 Å². The number of halogens is 2. The van der Waals surface area contributed by atoms with Crippen LogP contribution in [0.5, 0.6) is 5.75 Å². The topological polar surface area (TPSA) is 29.5 Å². The number of aryl methyl sites for hydroxylation is 1. The monoisotopic (exact) mass is 669 g/mol. The third kappa shape index (κ3) is 4.66. The van der Waals surface area contributed by atoms with Gasteiger partial charge in [0.25, 0.3) is 0 Å². The van der Waals surface area contributed by atoms with Gasteiger partial charge in [0.2, 0.25) is 7.29 Å². The molecule has 0 spiro atoms. The van der Waals surface area contributed by atoms with Crippen LogP contribution in [0.4, 0.5) is 5.69 Å². The molecule has 198 valence electrons. The highest BCUT2D eigenvalue weighted by atomic mass is 79.9. The Morgan fingerprint density at radius 1 is 0.700 bits per heavy atom. The van der Waals surface area contributed by atoms with Crippen molar-refractivity contribution >= 4 is 66.7 Å². The molecule has 0 N–H and O–H groups in total. The number of hydrogen-bond donors (Lipinski definition) is 0. The van der Waals surface area contributed by atoms with Gasteiger partial charge < -0.3 is 4.74 Å². The van der Waals surface area contributed by atoms with Gasteiger partial charge in [-0.05, 0) is 90.3 Å². The van der Waals surface area contributed by atoms with Crippen molar-refractivity contribution in [2.75, 3.05) is 11.8 Å². The van der Waals surface area contributed by atoms with E-state index in [1.807, 2.05) is 72.8 Å². The molecule has 1 aliphatic heterocycles. The minimum absolute atomic E-state index is 0.724. The average molecular weight is 671 g/mol. The molecule has 0 fully saturated rings. The maximum absolute atomic E-state index is 16.0. The van der Waals surface area contributed by atoms with Gasteiger partial charge in [0, 0.05) is 30.8 Å². The smallest absolute Gasteiger partial charge is 0.234 e. The standard InChI is InChI=1S/C34H26Br2NO2P/c1-23-8-21-32-31(22-23)33(24-9-13-26(35)14-10-24)34(25-11-15-27(36)16-12-25)37(28-6-4-3-5-7-28)40(32,38)30-19-17-29(39-2)18-20-30/h3-22H,1-2H3. The molecule has 6 rings (SSSR count). The highest BCUT2D eigenvalue weighted by molar-refractivity contribution is 9.10. The molecule has 1 unspecified atom stereocenters. The van der Waals surface area contributed by atoms with E-state index in [1.54, 1.807) is 7.11 Å². The van der Waals surface area contributed by atoms with Crippen molar-refractivity contribution in [1.29, 1.82) is 0 Å². The van der Waals surface area contributed by atoms with Crippen LogP contribution in [0, 0.1) is 6.92 Å². The zero-order valence-electron chi connectivity index (χ0n) is 22.0. The lowest BCUT2D eigenvalue weighted by Gasteiger charge is -2.42. The minimum atomic E-state index is -3.44. The number of hydrogen-bond acceptors (Lipinski definition) is 2. The molecular weight excluding hydrogens is 645 g/mol. The largest absolute Gasteiger partial charge is 0.497 e. The summed E-state index contributed by atoms with van der Waals surface area (Å²) in [5, 5.41) is 1.55. The summed E-state index contributed by atoms with van der Waals surface area (Å²) in [6.07, 6.45) is 0. The van der Waals surface area contributed by atoms with Crippen LogP contribution in [0.1, 0.15) is 22.3 Å². The number of anilines is 1. The Kier molecular flexibility index (Phi) is 7.31. The van der Waals surface area contributed by atoms with Gasteiger partial charge in [-0.15, -0.1) is 0 Å². The van der Waals surface area contributed by atoms with Crippen molar-refractivity contribution in [3.8, 4) is 5.75 Å². The lowest BCUT2D eigenvalue weighted by molar-refractivity contribution is 0.415. The predicted octanol–water partition coefficient (Wildman–Crippen LogP) is 9.19. The Morgan fingerprint density at radius 3 is 1.90 bits per heavy atom. The Balaban J connectivity index is 1.79. The second kappa shape index (κ2) is 10.9. The zero-order chi connectivity index (χ0) is 27.9. The molecule has 6 heteroatoms. The Labute approximate surface area is 251 Å². The van der Waals surface area contributed by atoms with Gasteiger partial charge in [0.15, 0.2) is 0 Å². The highest BCUT2D eigenvalue weighted by Gasteiger charge is 2.44. The van der Waals surface area contributed by atoms with E-state index in [0.29, 0.717) is 0 Å². The van der Waals surface area contributed by atoms with Gasteiger partial charge in [0.05, 0.1) is 12.8 Å². The summed E-state index contributed by atoms with van der Waals surface area (Å²) in [5.41, 5.74) is 6.92. The third-order valence-electron chi connectivity index (χ3n) is 7.15. The van der Waals surface area contributed by atoms with Gasteiger partial charge in [0.1, 0.15) is 5.75 Å². The van der Waals surface area contributed by atoms with Gasteiger partial charge in [-0.1, -0.05) is 92.0 Å². The van der Waals surface area contributed by atoms with Gasteiger partial charge in [-0.3, -0.25) is 9.24 Å². The molecule has 0 aromatic heterocycles. The summed E-state index contributed by atoms with van der Waals surface area (Å²) in [6, 6.07) is 40.6. The molecule has 0 amide bonds. The molecule has 0 saturated carbocycles. The van der Waals surface area contributed by atoms with E-state index in [-0.39, 0.29) is 0 Å². The lowest BCUT2D eigenvalue weighted by atomic mass is 9.91. The summed E-state index contributed by atoms with van der Waals surface area (Å²) < 4.78 is 25.5. The van der Waals surface area contributed by atoms with E-state index in [2.05, 4.69) is 92.0 Å². The number of ether oxygens (including phenoxy) is 1. The number of rotatable bonds is 5. The van der Waals surface area contributed by atoms with E-state index < -0.39 is 7.29 Å². The highest BCUT2D eigenvalue weighted by Crippen LogP contribution is 2.60. The van der Waals surface area contributed by atoms with Crippen LogP contribution >= 0.6 is 39.2 Å². The Hall–Kier alpha value is -3.37. The van der Waals surface area contributed by atoms with Crippen molar-refractivity contribution in [2.45, 2.75) is 6.92 Å². The number of nitrogens with zero attached hydrogens (tertiary/aromatic N) is 1. The first-order valence-electron chi connectivity index (χ1n) is 12.9. The van der Waals surface area contributed by atoms with E-state index >= 15 is 4.57 Å². The molecule has 40 heavy (non-hydrogen) atoms. The molecule has 0 radical (unpaired) electrons. The SMILES string of the molecule is COc1ccc(P2(=O)c3ccc(C)cc3C(c3ccc(Br)cc3)=C(c3ccc(Br)cc3)N2c2ccccc2)cc1. The van der Waals surface area contributed by atoms with Crippen LogP contribution in [0.25, 0.3) is 11.3 Å². The van der Waals surface area contributed by atoms with Crippen LogP contribution in [0.15, 0.2) is 130 Å². The lowest BCUT2D eigenvalue weighted by Crippen LogP contribution is -2.37. The first-order valence-corrected chi connectivity index (χ1v) is 16.1. The maximum atomic E-state index is 16.0. The summed E-state index contributed by atoms with van der Waals surface area (Å²) >= 11 is 7.21. The summed E-state index contributed by atoms with van der Waals surface area (Å²) in [5.74, 6) is 0.724. The molecular formula is C34H26Br2NO2P. The number of para-hydroxylation sites is 1. The third-order valence-corrected chi connectivity index (χ3v) is 11.2. The fourth-order valence-corrected chi connectivity index (χ4v) is 8.82. The predicted molar refractivity (Wildman–Crippen MR) is 174 cm³/mol. The molecule has 5 aromatic carbocycles. The first-order chi connectivity index (χ1) is 19.4. The molecule has 0 saturated heterocycles. The summed E-state index contributed by atoms with van der Waals surface area (Å²) in [7, 11) is -1.80. The Bertz CT molecular complexity index is 1760. The first kappa shape index (κ1) is 26.8. The van der Waals surface area contributed by atoms with Crippen molar-refractivity contribution in [3.05, 3.63) is 153 Å². The van der Waals surface area contributed by atoms with Crippen molar-refractivity contribution in [1.82, 2.24) is 0 Å². The zero-order valence-corrected chi connectivity index (χ0v) is 26.1. The van der Waals surface area contributed by atoms with E-state index in [1.165, 1.54) is 0 Å². The fraction of sp³-hybridized carbons (Fsp3) is 0.0588. The minimum Gasteiger partial charge on any atom is -0.497 e. The van der Waals surface area contributed by atoms with Crippen LogP contribution in [-0.4, -0.2) is 7.11 Å². The molecule has 1 aliphatic rings. The number of benzene rings is 5. The van der Waals surface area contributed by atoms with Crippen LogP contribution in [0.3, 0.4) is 0 Å². The van der Waals surface area contributed by atoms with Crippen LogP contribution < -0.4 is 20.0 Å². The van der Waals surface area contributed by atoms with Gasteiger partial charge >= 0.3 is 0 Å². The van der Waals surface area contributed by atoms with E-state index in [4.69, 9.17) is 4.74 Å². The normalized spacial score (nSPS) is 16.6. The second-order valence-corrected chi connectivity index (χ2v) is 14.1. The number of fused-ring (bicyclic) bond motifs is 1. The van der Waals surface area contributed by atoms with Gasteiger partial charge in [-0.2, -0.15) is 0 Å². The van der Waals surface area contributed by atoms with Crippen molar-refractivity contribution in [2.24, 2.45) is 0 Å².